The summed E-state index contributed by atoms with van der Waals surface area (Å²) in [5.41, 5.74) is 0.668. The first-order chi connectivity index (χ1) is 11.7. The average molecular weight is 355 g/mol. The second-order valence-electron chi connectivity index (χ2n) is 6.14. The quantitative estimate of drug-likeness (QED) is 0.879. The summed E-state index contributed by atoms with van der Waals surface area (Å²) in [6, 6.07) is 5.21. The standard InChI is InChI=1S/C17H23ClN2O4/c1-22-15-5-4-13(9-14(15)18)19-16(21)11-20-6-2-3-12(10-20)17-23-7-8-24-17/h4-5,9,12,17H,2-3,6-8,10-11H2,1H3,(H,19,21). The van der Waals surface area contributed by atoms with Crippen LogP contribution in [0.3, 0.4) is 0 Å². The van der Waals surface area contributed by atoms with Gasteiger partial charge in [0.2, 0.25) is 5.91 Å². The average Bonchev–Trinajstić information content (AvgIpc) is 3.10. The summed E-state index contributed by atoms with van der Waals surface area (Å²) in [6.45, 7) is 3.42. The molecule has 2 aliphatic rings. The van der Waals surface area contributed by atoms with Gasteiger partial charge < -0.3 is 19.5 Å². The first-order valence-electron chi connectivity index (χ1n) is 8.24. The lowest BCUT2D eigenvalue weighted by atomic mass is 9.97. The van der Waals surface area contributed by atoms with E-state index in [4.69, 9.17) is 25.8 Å². The van der Waals surface area contributed by atoms with Crippen molar-refractivity contribution in [1.82, 2.24) is 4.90 Å². The van der Waals surface area contributed by atoms with Crippen molar-refractivity contribution < 1.29 is 19.0 Å². The third-order valence-electron chi connectivity index (χ3n) is 4.38. The highest BCUT2D eigenvalue weighted by Gasteiger charge is 2.31. The Morgan fingerprint density at radius 2 is 2.21 bits per heavy atom. The maximum absolute atomic E-state index is 12.3. The SMILES string of the molecule is COc1ccc(NC(=O)CN2CCCC(C3OCCO3)C2)cc1Cl. The van der Waals surface area contributed by atoms with Gasteiger partial charge >= 0.3 is 0 Å². The van der Waals surface area contributed by atoms with Gasteiger partial charge in [-0.25, -0.2) is 0 Å². The molecular formula is C17H23ClN2O4. The summed E-state index contributed by atoms with van der Waals surface area (Å²) in [5.74, 6) is 0.875. The third kappa shape index (κ3) is 4.39. The predicted octanol–water partition coefficient (Wildman–Crippen LogP) is 2.37. The molecule has 0 aromatic heterocycles. The smallest absolute Gasteiger partial charge is 0.238 e. The van der Waals surface area contributed by atoms with Crippen molar-refractivity contribution in [2.24, 2.45) is 5.92 Å². The number of nitrogens with one attached hydrogen (secondary N) is 1. The predicted molar refractivity (Wildman–Crippen MR) is 91.5 cm³/mol. The van der Waals surface area contributed by atoms with Crippen LogP contribution in [-0.4, -0.2) is 57.1 Å². The molecule has 0 saturated carbocycles. The van der Waals surface area contributed by atoms with Gasteiger partial charge in [-0.15, -0.1) is 0 Å². The molecule has 1 atom stereocenters. The lowest BCUT2D eigenvalue weighted by Gasteiger charge is -2.34. The number of methoxy groups -OCH3 is 1. The number of nitrogens with zero attached hydrogens (tertiary/aromatic N) is 1. The van der Waals surface area contributed by atoms with E-state index in [0.717, 1.165) is 25.9 Å². The van der Waals surface area contributed by atoms with Crippen molar-refractivity contribution >= 4 is 23.2 Å². The molecule has 2 heterocycles. The van der Waals surface area contributed by atoms with Crippen molar-refractivity contribution in [3.8, 4) is 5.75 Å². The summed E-state index contributed by atoms with van der Waals surface area (Å²) < 4.78 is 16.3. The van der Waals surface area contributed by atoms with Crippen LogP contribution in [0.15, 0.2) is 18.2 Å². The summed E-state index contributed by atoms with van der Waals surface area (Å²) in [7, 11) is 1.56. The summed E-state index contributed by atoms with van der Waals surface area (Å²) in [5, 5.41) is 3.36. The normalized spacial score (nSPS) is 22.5. The minimum Gasteiger partial charge on any atom is -0.495 e. The number of rotatable bonds is 5. The van der Waals surface area contributed by atoms with Gasteiger partial charge in [0.25, 0.3) is 0 Å². The maximum Gasteiger partial charge on any atom is 0.238 e. The Kier molecular flexibility index (Phi) is 5.94. The van der Waals surface area contributed by atoms with Gasteiger partial charge in [0.05, 0.1) is 31.9 Å². The largest absolute Gasteiger partial charge is 0.495 e. The summed E-state index contributed by atoms with van der Waals surface area (Å²) in [6.07, 6.45) is 2.02. The molecule has 6 nitrogen and oxygen atoms in total. The Bertz CT molecular complexity index is 578. The number of hydrogen-bond donors (Lipinski definition) is 1. The van der Waals surface area contributed by atoms with Gasteiger partial charge in [0, 0.05) is 18.2 Å². The molecule has 1 aromatic carbocycles. The fourth-order valence-corrected chi connectivity index (χ4v) is 3.51. The van der Waals surface area contributed by atoms with Gasteiger partial charge in [0.15, 0.2) is 6.29 Å². The maximum atomic E-state index is 12.3. The molecule has 132 valence electrons. The lowest BCUT2D eigenvalue weighted by molar-refractivity contribution is -0.121. The zero-order valence-electron chi connectivity index (χ0n) is 13.8. The number of benzene rings is 1. The minimum absolute atomic E-state index is 0.0508. The van der Waals surface area contributed by atoms with Crippen LogP contribution in [0.1, 0.15) is 12.8 Å². The monoisotopic (exact) mass is 354 g/mol. The molecule has 0 radical (unpaired) electrons. The molecule has 0 aliphatic carbocycles. The molecule has 1 aromatic rings. The van der Waals surface area contributed by atoms with E-state index < -0.39 is 0 Å². The van der Waals surface area contributed by atoms with E-state index >= 15 is 0 Å². The number of anilines is 1. The summed E-state index contributed by atoms with van der Waals surface area (Å²) >= 11 is 6.08. The molecule has 24 heavy (non-hydrogen) atoms. The zero-order chi connectivity index (χ0) is 16.9. The highest BCUT2D eigenvalue weighted by molar-refractivity contribution is 6.32. The van der Waals surface area contributed by atoms with Gasteiger partial charge in [-0.2, -0.15) is 0 Å². The Morgan fingerprint density at radius 3 is 2.92 bits per heavy atom. The Labute approximate surface area is 147 Å². The number of carbonyl (C=O) groups is 1. The van der Waals surface area contributed by atoms with Crippen molar-refractivity contribution in [1.29, 1.82) is 0 Å². The highest BCUT2D eigenvalue weighted by atomic mass is 35.5. The zero-order valence-corrected chi connectivity index (χ0v) is 14.6. The molecule has 2 aliphatic heterocycles. The molecule has 2 fully saturated rings. The van der Waals surface area contributed by atoms with Crippen molar-refractivity contribution in [2.75, 3.05) is 45.3 Å². The summed E-state index contributed by atoms with van der Waals surface area (Å²) in [4.78, 5) is 14.4. The van der Waals surface area contributed by atoms with Crippen LogP contribution >= 0.6 is 11.6 Å². The van der Waals surface area contributed by atoms with Crippen LogP contribution in [0.25, 0.3) is 0 Å². The van der Waals surface area contributed by atoms with Crippen molar-refractivity contribution in [3.05, 3.63) is 23.2 Å². The number of carbonyl (C=O) groups excluding carboxylic acids is 1. The molecule has 7 heteroatoms. The van der Waals surface area contributed by atoms with Crippen LogP contribution in [0.4, 0.5) is 5.69 Å². The van der Waals surface area contributed by atoms with Gasteiger partial charge in [-0.1, -0.05) is 11.6 Å². The Hall–Kier alpha value is -1.34. The Morgan fingerprint density at radius 1 is 1.42 bits per heavy atom. The molecule has 0 bridgehead atoms. The Balaban J connectivity index is 1.51. The first kappa shape index (κ1) is 17.5. The number of hydrogen-bond acceptors (Lipinski definition) is 5. The molecule has 0 spiro atoms. The van der Waals surface area contributed by atoms with E-state index in [1.165, 1.54) is 0 Å². The van der Waals surface area contributed by atoms with E-state index in [2.05, 4.69) is 10.2 Å². The van der Waals surface area contributed by atoms with Crippen LogP contribution in [-0.2, 0) is 14.3 Å². The van der Waals surface area contributed by atoms with Gasteiger partial charge in [0.1, 0.15) is 5.75 Å². The topological polar surface area (TPSA) is 60.0 Å². The fraction of sp³-hybridized carbons (Fsp3) is 0.588. The molecule has 1 amide bonds. The number of halogens is 1. The molecule has 3 rings (SSSR count). The van der Waals surface area contributed by atoms with Crippen LogP contribution in [0, 0.1) is 5.92 Å². The second-order valence-corrected chi connectivity index (χ2v) is 6.55. The van der Waals surface area contributed by atoms with E-state index in [9.17, 15) is 4.79 Å². The molecule has 1 unspecified atom stereocenters. The van der Waals surface area contributed by atoms with Gasteiger partial charge in [-0.3, -0.25) is 9.69 Å². The van der Waals surface area contributed by atoms with Crippen LogP contribution < -0.4 is 10.1 Å². The van der Waals surface area contributed by atoms with E-state index in [0.29, 0.717) is 42.1 Å². The molecular weight excluding hydrogens is 332 g/mol. The van der Waals surface area contributed by atoms with E-state index in [1.54, 1.807) is 25.3 Å². The fourth-order valence-electron chi connectivity index (χ4n) is 3.25. The first-order valence-corrected chi connectivity index (χ1v) is 8.62. The second kappa shape index (κ2) is 8.16. The van der Waals surface area contributed by atoms with Gasteiger partial charge in [-0.05, 0) is 37.6 Å². The highest BCUT2D eigenvalue weighted by Crippen LogP contribution is 2.27. The van der Waals surface area contributed by atoms with Crippen molar-refractivity contribution in [2.45, 2.75) is 19.1 Å². The minimum atomic E-state index is -0.115. The number of piperidine rings is 1. The third-order valence-corrected chi connectivity index (χ3v) is 4.67. The van der Waals surface area contributed by atoms with Crippen molar-refractivity contribution in [3.63, 3.8) is 0 Å². The molecule has 1 N–H and O–H groups in total. The van der Waals surface area contributed by atoms with Crippen LogP contribution in [0.5, 0.6) is 5.75 Å². The van der Waals surface area contributed by atoms with Crippen LogP contribution in [0.2, 0.25) is 5.02 Å². The van der Waals surface area contributed by atoms with E-state index in [1.807, 2.05) is 0 Å². The number of ether oxygens (including phenoxy) is 3. The molecule has 2 saturated heterocycles. The lowest BCUT2D eigenvalue weighted by Crippen LogP contribution is -2.44. The number of amides is 1. The van der Waals surface area contributed by atoms with E-state index in [-0.39, 0.29) is 12.2 Å². The number of likely N-dealkylation sites (tertiary alicyclic amines) is 1.